The Morgan fingerprint density at radius 2 is 1.78 bits per heavy atom. The van der Waals surface area contributed by atoms with Gasteiger partial charge in [-0.1, -0.05) is 24.3 Å². The average molecular weight is 490 g/mol. The standard InChI is InChI=1S/C25H22N4O7/c1-15(19-10-9-18(30)14-22(19)31)27-28-25(33)20(26-24(32)17-6-4-3-5-7-17)12-16-8-11-23(36-2)21(13-16)29(34)35/h3-14,30-31H,1-2H3,(H,26,32)(H,28,33). The van der Waals surface area contributed by atoms with Crippen LogP contribution in [0.3, 0.4) is 0 Å². The molecule has 0 fully saturated rings. The molecule has 0 spiro atoms. The van der Waals surface area contributed by atoms with Gasteiger partial charge in [-0.05, 0) is 48.9 Å². The van der Waals surface area contributed by atoms with E-state index in [-0.39, 0.29) is 51.0 Å². The maximum absolute atomic E-state index is 13.0. The zero-order valence-corrected chi connectivity index (χ0v) is 19.3. The first-order valence-corrected chi connectivity index (χ1v) is 10.5. The summed E-state index contributed by atoms with van der Waals surface area (Å²) in [6.07, 6.45) is 1.26. The second-order valence-electron chi connectivity index (χ2n) is 7.41. The summed E-state index contributed by atoms with van der Waals surface area (Å²) in [7, 11) is 1.29. The number of phenolic OH excluding ortho intramolecular Hbond substituents is 2. The van der Waals surface area contributed by atoms with Gasteiger partial charge in [-0.3, -0.25) is 19.7 Å². The molecule has 11 nitrogen and oxygen atoms in total. The molecule has 0 aliphatic carbocycles. The maximum Gasteiger partial charge on any atom is 0.311 e. The Kier molecular flexibility index (Phi) is 7.98. The van der Waals surface area contributed by atoms with Gasteiger partial charge in [0.15, 0.2) is 5.75 Å². The highest BCUT2D eigenvalue weighted by Gasteiger charge is 2.18. The number of ether oxygens (including phenoxy) is 1. The van der Waals surface area contributed by atoms with Crippen molar-refractivity contribution in [2.45, 2.75) is 6.92 Å². The lowest BCUT2D eigenvalue weighted by Gasteiger charge is -2.11. The Balaban J connectivity index is 1.95. The first-order chi connectivity index (χ1) is 17.2. The third-order valence-electron chi connectivity index (χ3n) is 4.94. The van der Waals surface area contributed by atoms with Gasteiger partial charge in [0.25, 0.3) is 11.8 Å². The number of aromatic hydroxyl groups is 2. The number of carbonyl (C=O) groups is 2. The normalized spacial score (nSPS) is 11.5. The average Bonchev–Trinajstić information content (AvgIpc) is 2.87. The van der Waals surface area contributed by atoms with Crippen LogP contribution in [0.25, 0.3) is 6.08 Å². The quantitative estimate of drug-likeness (QED) is 0.163. The summed E-state index contributed by atoms with van der Waals surface area (Å²) in [5.41, 5.74) is 2.74. The van der Waals surface area contributed by atoms with Gasteiger partial charge < -0.3 is 20.3 Å². The lowest BCUT2D eigenvalue weighted by Crippen LogP contribution is -2.33. The number of carbonyl (C=O) groups excluding carboxylic acids is 2. The monoisotopic (exact) mass is 490 g/mol. The van der Waals surface area contributed by atoms with E-state index in [2.05, 4.69) is 15.8 Å². The fraction of sp³-hybridized carbons (Fsp3) is 0.0800. The Labute approximate surface area is 205 Å². The van der Waals surface area contributed by atoms with Crippen LogP contribution >= 0.6 is 0 Å². The van der Waals surface area contributed by atoms with Crippen molar-refractivity contribution in [3.63, 3.8) is 0 Å². The summed E-state index contributed by atoms with van der Waals surface area (Å²) >= 11 is 0. The lowest BCUT2D eigenvalue weighted by atomic mass is 10.1. The number of hydrogen-bond donors (Lipinski definition) is 4. The molecular weight excluding hydrogens is 468 g/mol. The van der Waals surface area contributed by atoms with Gasteiger partial charge in [0, 0.05) is 23.3 Å². The van der Waals surface area contributed by atoms with Crippen LogP contribution < -0.4 is 15.5 Å². The Bertz CT molecular complexity index is 1370. The Morgan fingerprint density at radius 1 is 1.06 bits per heavy atom. The maximum atomic E-state index is 13.0. The van der Waals surface area contributed by atoms with Gasteiger partial charge in [0.2, 0.25) is 0 Å². The van der Waals surface area contributed by atoms with Gasteiger partial charge >= 0.3 is 5.69 Å². The van der Waals surface area contributed by atoms with E-state index in [0.717, 1.165) is 6.07 Å². The molecule has 3 aromatic rings. The molecule has 4 N–H and O–H groups in total. The third-order valence-corrected chi connectivity index (χ3v) is 4.94. The smallest absolute Gasteiger partial charge is 0.311 e. The number of hydrogen-bond acceptors (Lipinski definition) is 8. The van der Waals surface area contributed by atoms with Crippen molar-refractivity contribution in [3.05, 3.63) is 99.2 Å². The molecule has 184 valence electrons. The van der Waals surface area contributed by atoms with Crippen LogP contribution in [0.15, 0.2) is 77.5 Å². The van der Waals surface area contributed by atoms with Crippen LogP contribution in [0, 0.1) is 10.1 Å². The van der Waals surface area contributed by atoms with E-state index in [1.54, 1.807) is 30.3 Å². The molecule has 0 heterocycles. The number of amides is 2. The van der Waals surface area contributed by atoms with E-state index in [0.29, 0.717) is 0 Å². The molecule has 0 aromatic heterocycles. The van der Waals surface area contributed by atoms with E-state index >= 15 is 0 Å². The fourth-order valence-electron chi connectivity index (χ4n) is 3.13. The van der Waals surface area contributed by atoms with Crippen molar-refractivity contribution in [2.75, 3.05) is 7.11 Å². The summed E-state index contributed by atoms with van der Waals surface area (Å²) in [6.45, 7) is 1.52. The van der Waals surface area contributed by atoms with E-state index in [9.17, 15) is 29.9 Å². The predicted octanol–water partition coefficient (Wildman–Crippen LogP) is 3.33. The molecule has 0 aliphatic rings. The number of rotatable bonds is 8. The van der Waals surface area contributed by atoms with Crippen LogP contribution in [0.5, 0.6) is 17.2 Å². The largest absolute Gasteiger partial charge is 0.508 e. The van der Waals surface area contributed by atoms with Gasteiger partial charge in [-0.2, -0.15) is 5.10 Å². The van der Waals surface area contributed by atoms with Crippen LogP contribution in [-0.2, 0) is 4.79 Å². The number of methoxy groups -OCH3 is 1. The zero-order chi connectivity index (χ0) is 26.2. The first-order valence-electron chi connectivity index (χ1n) is 10.5. The second-order valence-corrected chi connectivity index (χ2v) is 7.41. The van der Waals surface area contributed by atoms with E-state index in [1.165, 1.54) is 50.4 Å². The minimum Gasteiger partial charge on any atom is -0.508 e. The molecule has 0 atom stereocenters. The third kappa shape index (κ3) is 6.23. The highest BCUT2D eigenvalue weighted by atomic mass is 16.6. The molecule has 3 rings (SSSR count). The number of phenols is 2. The first kappa shape index (κ1) is 25.4. The van der Waals surface area contributed by atoms with Crippen molar-refractivity contribution >= 4 is 29.3 Å². The highest BCUT2D eigenvalue weighted by Crippen LogP contribution is 2.28. The molecule has 0 saturated carbocycles. The molecule has 2 amide bonds. The summed E-state index contributed by atoms with van der Waals surface area (Å²) in [5.74, 6) is -1.77. The second kappa shape index (κ2) is 11.3. The SMILES string of the molecule is COc1ccc(C=C(NC(=O)c2ccccc2)C(=O)NN=C(C)c2ccc(O)cc2O)cc1[N+](=O)[O-]. The van der Waals surface area contributed by atoms with Gasteiger partial charge in [-0.15, -0.1) is 0 Å². The molecule has 11 heteroatoms. The van der Waals surface area contributed by atoms with Gasteiger partial charge in [0.05, 0.1) is 17.7 Å². The Morgan fingerprint density at radius 3 is 2.42 bits per heavy atom. The van der Waals surface area contributed by atoms with E-state index in [1.807, 2.05) is 0 Å². The van der Waals surface area contributed by atoms with Crippen molar-refractivity contribution < 1.29 is 29.5 Å². The molecule has 36 heavy (non-hydrogen) atoms. The molecule has 0 aliphatic heterocycles. The molecular formula is C25H22N4O7. The van der Waals surface area contributed by atoms with Crippen LogP contribution in [0.1, 0.15) is 28.4 Å². The van der Waals surface area contributed by atoms with Gasteiger partial charge in [0.1, 0.15) is 17.2 Å². The molecule has 0 unspecified atom stereocenters. The zero-order valence-electron chi connectivity index (χ0n) is 19.3. The molecule has 0 radical (unpaired) electrons. The van der Waals surface area contributed by atoms with Crippen molar-refractivity contribution in [3.8, 4) is 17.2 Å². The highest BCUT2D eigenvalue weighted by molar-refractivity contribution is 6.06. The van der Waals surface area contributed by atoms with Crippen LogP contribution in [0.2, 0.25) is 0 Å². The number of nitro benzene ring substituents is 1. The number of nitrogens with zero attached hydrogens (tertiary/aromatic N) is 2. The molecule has 3 aromatic carbocycles. The summed E-state index contributed by atoms with van der Waals surface area (Å²) < 4.78 is 5.00. The van der Waals surface area contributed by atoms with Crippen LogP contribution in [-0.4, -0.2) is 39.8 Å². The minimum absolute atomic E-state index is 0.0328. The van der Waals surface area contributed by atoms with Crippen molar-refractivity contribution in [1.29, 1.82) is 0 Å². The van der Waals surface area contributed by atoms with E-state index < -0.39 is 16.7 Å². The summed E-state index contributed by atoms with van der Waals surface area (Å²) in [6, 6.07) is 16.1. The van der Waals surface area contributed by atoms with Crippen molar-refractivity contribution in [2.24, 2.45) is 5.10 Å². The predicted molar refractivity (Wildman–Crippen MR) is 132 cm³/mol. The Hall–Kier alpha value is -5.19. The van der Waals surface area contributed by atoms with E-state index in [4.69, 9.17) is 4.74 Å². The summed E-state index contributed by atoms with van der Waals surface area (Å²) in [5, 5.41) is 37.3. The number of hydrazone groups is 1. The number of nitrogens with one attached hydrogen (secondary N) is 2. The molecule has 0 bridgehead atoms. The van der Waals surface area contributed by atoms with Crippen LogP contribution in [0.4, 0.5) is 5.69 Å². The lowest BCUT2D eigenvalue weighted by molar-refractivity contribution is -0.385. The number of nitro groups is 1. The van der Waals surface area contributed by atoms with Crippen molar-refractivity contribution in [1.82, 2.24) is 10.7 Å². The number of benzene rings is 3. The fourth-order valence-corrected chi connectivity index (χ4v) is 3.13. The molecule has 0 saturated heterocycles. The summed E-state index contributed by atoms with van der Waals surface area (Å²) in [4.78, 5) is 36.4. The minimum atomic E-state index is -0.824. The topological polar surface area (TPSA) is 163 Å². The van der Waals surface area contributed by atoms with Gasteiger partial charge in [-0.25, -0.2) is 5.43 Å².